The zero-order valence-electron chi connectivity index (χ0n) is 49.0. The minimum absolute atomic E-state index is 0.0447. The lowest BCUT2D eigenvalue weighted by Crippen LogP contribution is -2.59. The molecule has 16 N–H and O–H groups in total. The number of phenolic OH excluding ortho intramolecular Hbond substituents is 1. The van der Waals surface area contributed by atoms with E-state index in [1.165, 1.54) is 0 Å². The average molecular weight is 1150 g/mol. The van der Waals surface area contributed by atoms with Crippen LogP contribution in [0.4, 0.5) is 0 Å². The molecule has 0 aromatic heterocycles. The van der Waals surface area contributed by atoms with Crippen LogP contribution in [0.25, 0.3) is 0 Å². The fourth-order valence-electron chi connectivity index (χ4n) is 14.0. The summed E-state index contributed by atoms with van der Waals surface area (Å²) in [6, 6.07) is 19.0. The van der Waals surface area contributed by atoms with E-state index in [1.54, 1.807) is 37.3 Å². The number of carbonyl (C=O) groups is 2. The highest BCUT2D eigenvalue weighted by atomic mass is 16.5. The monoisotopic (exact) mass is 1150 g/mol. The number of β-amino-alcohol motifs (C(OH)–C–C–N with tert-alkyl or cyclic N) is 1. The summed E-state index contributed by atoms with van der Waals surface area (Å²) in [6.07, 6.45) is 7.93. The fourth-order valence-corrected chi connectivity index (χ4v) is 14.0. The molecule has 3 aliphatic heterocycles. The third kappa shape index (κ3) is 14.7. The van der Waals surface area contributed by atoms with Crippen molar-refractivity contribution in [3.8, 4) is 17.6 Å². The van der Waals surface area contributed by atoms with Crippen LogP contribution in [0.1, 0.15) is 136 Å². The number of aliphatic hydroxyl groups is 6. The van der Waals surface area contributed by atoms with Gasteiger partial charge in [0.25, 0.3) is 0 Å². The Bertz CT molecular complexity index is 3060. The largest absolute Gasteiger partial charge is 0.508 e. The van der Waals surface area contributed by atoms with E-state index in [1.807, 2.05) is 74.5 Å². The van der Waals surface area contributed by atoms with E-state index in [9.17, 15) is 40.5 Å². The third-order valence-corrected chi connectivity index (χ3v) is 18.7. The van der Waals surface area contributed by atoms with Crippen LogP contribution in [0.3, 0.4) is 0 Å². The molecule has 84 heavy (non-hydrogen) atoms. The molecule has 1 amide bonds. The summed E-state index contributed by atoms with van der Waals surface area (Å²) in [4.78, 5) is 33.9. The number of nitrogens with one attached hydrogen (secondary N) is 3. The number of aromatic hydroxyl groups is 1. The van der Waals surface area contributed by atoms with Crippen molar-refractivity contribution < 1.29 is 50.1 Å². The topological polar surface area (TPSA) is 311 Å². The van der Waals surface area contributed by atoms with Crippen molar-refractivity contribution in [2.45, 2.75) is 152 Å². The van der Waals surface area contributed by atoms with Crippen molar-refractivity contribution in [1.82, 2.24) is 16.0 Å². The first-order valence-corrected chi connectivity index (χ1v) is 29.8. The second kappa shape index (κ2) is 28.3. The molecule has 17 nitrogen and oxygen atoms in total. The van der Waals surface area contributed by atoms with Crippen molar-refractivity contribution >= 4 is 17.6 Å². The molecular formula is C67H89N7O10. The van der Waals surface area contributed by atoms with E-state index >= 15 is 4.79 Å². The summed E-state index contributed by atoms with van der Waals surface area (Å²) in [5.41, 5.74) is 22.0. The molecule has 17 heteroatoms. The van der Waals surface area contributed by atoms with E-state index in [2.05, 4.69) is 39.4 Å². The van der Waals surface area contributed by atoms with E-state index in [4.69, 9.17) is 21.9 Å². The first kappa shape index (κ1) is 63.7. The zero-order valence-corrected chi connectivity index (χ0v) is 49.0. The zero-order chi connectivity index (χ0) is 60.3. The molecule has 2 saturated carbocycles. The number of ketones is 1. The highest BCUT2D eigenvalue weighted by molar-refractivity contribution is 5.98. The summed E-state index contributed by atoms with van der Waals surface area (Å²) in [7, 11) is 0. The Morgan fingerprint density at radius 3 is 2.46 bits per heavy atom. The SMILES string of the molecule is C=C1C=CC=C(C2CCC3(C4CCC(O)Cc5cccc(c5)CC(C(CN=C(N)N)c5ccc(O)cc5)C(O)CNC5C(=O)NC(N)c6cccc(c65)CC(=O)C(C)=C4CCC3(C)O)C2O)COCC#CCC(C)=CCC1(O)NCCCCO. The van der Waals surface area contributed by atoms with Gasteiger partial charge >= 0.3 is 0 Å². The van der Waals surface area contributed by atoms with E-state index < -0.39 is 76.8 Å². The van der Waals surface area contributed by atoms with Crippen molar-refractivity contribution in [3.63, 3.8) is 0 Å². The van der Waals surface area contributed by atoms with Crippen molar-refractivity contribution in [2.24, 2.45) is 45.4 Å². The van der Waals surface area contributed by atoms with Crippen molar-refractivity contribution in [3.05, 3.63) is 159 Å². The molecule has 0 saturated heterocycles. The maximum atomic E-state index is 15.2. The normalized spacial score (nSPS) is 30.7. The van der Waals surface area contributed by atoms with Gasteiger partial charge in [-0.2, -0.15) is 0 Å². The number of amides is 1. The molecule has 8 rings (SSSR count). The van der Waals surface area contributed by atoms with Crippen LogP contribution in [0.15, 0.2) is 130 Å². The van der Waals surface area contributed by atoms with Crippen LogP contribution in [0.5, 0.6) is 5.75 Å². The van der Waals surface area contributed by atoms with Crippen LogP contribution in [-0.4, -0.2) is 122 Å². The van der Waals surface area contributed by atoms with Gasteiger partial charge in [-0.3, -0.25) is 25.2 Å². The molecule has 3 aromatic rings. The molecule has 452 valence electrons. The quantitative estimate of drug-likeness (QED) is 0.0307. The van der Waals surface area contributed by atoms with Gasteiger partial charge < -0.3 is 63.0 Å². The Morgan fingerprint density at radius 1 is 0.964 bits per heavy atom. The molecule has 12 atom stereocenters. The van der Waals surface area contributed by atoms with E-state index in [0.717, 1.165) is 33.4 Å². The summed E-state index contributed by atoms with van der Waals surface area (Å²) < 4.78 is 6.23. The summed E-state index contributed by atoms with van der Waals surface area (Å²) in [5, 5.41) is 92.1. The van der Waals surface area contributed by atoms with Gasteiger partial charge in [-0.05, 0) is 166 Å². The lowest BCUT2D eigenvalue weighted by molar-refractivity contribution is -0.168. The Morgan fingerprint density at radius 2 is 1.71 bits per heavy atom. The fraction of sp³-hybridized carbons (Fsp3) is 0.507. The smallest absolute Gasteiger partial charge is 0.243 e. The number of aliphatic hydroxyl groups excluding tert-OH is 4. The number of Topliss-reactive ketones (excluding diaryl/α,β-unsaturated/α-hetero) is 1. The first-order chi connectivity index (χ1) is 40.2. The van der Waals surface area contributed by atoms with Crippen molar-refractivity contribution in [1.29, 1.82) is 0 Å². The second-order valence-corrected chi connectivity index (χ2v) is 24.2. The number of aliphatic imine (C=N–C) groups is 1. The predicted molar refractivity (Wildman–Crippen MR) is 326 cm³/mol. The number of guanidine groups is 1. The van der Waals surface area contributed by atoms with Crippen LogP contribution in [0, 0.1) is 35.0 Å². The third-order valence-electron chi connectivity index (χ3n) is 18.7. The first-order valence-electron chi connectivity index (χ1n) is 29.8. The molecular weight excluding hydrogens is 1060 g/mol. The van der Waals surface area contributed by atoms with E-state index in [-0.39, 0.29) is 82.5 Å². The van der Waals surface area contributed by atoms with Gasteiger partial charge in [-0.25, -0.2) is 0 Å². The molecule has 12 unspecified atom stereocenters. The van der Waals surface area contributed by atoms with Gasteiger partial charge in [0.05, 0.1) is 30.5 Å². The molecule has 3 aromatic carbocycles. The molecule has 5 aliphatic rings. The number of fused-ring (bicyclic) bond motifs is 4. The highest BCUT2D eigenvalue weighted by Gasteiger charge is 2.64. The Hall–Kier alpha value is -6.27. The minimum Gasteiger partial charge on any atom is -0.508 e. The minimum atomic E-state index is -1.49. The number of nitrogens with two attached hydrogens (primary N) is 3. The van der Waals surface area contributed by atoms with Gasteiger partial charge in [0.15, 0.2) is 11.7 Å². The molecule has 2 bridgehead atoms. The standard InChI is InChI=1S/C67H89N7O10/c1-41-12-5-8-33-84-40-48(17-9-13-42(2)67(83,30-25-41)73-31-6-7-32-75)52-27-29-66(61(52)80)56-24-23-50(77)35-44-14-10-15-45(34-44)36-54(55(38-72-64(69)70)46-19-21-49(76)22-20-46)58(79)39-71-60-59-47(16-11-18-53(59)62(68)74-63(60)81)37-57(78)43(3)51(56)26-28-65(66,4)82/h9-11,13-22,25,34,50,52,54-56,58,60-62,71,73,75-77,79-80,82-83H,2,6-7,12,23-24,26-33,35-40,68H2,1,3-4H3,(H,74,81)(H4,69,70,72). The molecule has 0 radical (unpaired) electrons. The van der Waals surface area contributed by atoms with Crippen LogP contribution in [0.2, 0.25) is 0 Å². The second-order valence-electron chi connectivity index (χ2n) is 24.2. The Labute approximate surface area is 495 Å². The Kier molecular flexibility index (Phi) is 21.5. The molecule has 2 aliphatic carbocycles. The Balaban J connectivity index is 1.19. The number of phenols is 1. The van der Waals surface area contributed by atoms with Crippen LogP contribution < -0.4 is 33.2 Å². The number of ether oxygens (including phenoxy) is 1. The predicted octanol–water partition coefficient (Wildman–Crippen LogP) is 5.28. The lowest BCUT2D eigenvalue weighted by atomic mass is 9.52. The van der Waals surface area contributed by atoms with Crippen LogP contribution >= 0.6 is 0 Å². The number of hydrogen-bond acceptors (Lipinski definition) is 14. The molecule has 1 spiro atoms. The maximum absolute atomic E-state index is 15.2. The van der Waals surface area contributed by atoms with Gasteiger partial charge in [0.1, 0.15) is 30.3 Å². The number of carbonyl (C=O) groups excluding carboxylic acids is 2. The number of rotatable bonds is 10. The summed E-state index contributed by atoms with van der Waals surface area (Å²) in [6.45, 7) is 10.6. The summed E-state index contributed by atoms with van der Waals surface area (Å²) >= 11 is 0. The number of benzene rings is 3. The average Bonchev–Trinajstić information content (AvgIpc) is 1.63. The lowest BCUT2D eigenvalue weighted by Gasteiger charge is -2.56. The van der Waals surface area contributed by atoms with Gasteiger partial charge in [-0.1, -0.05) is 108 Å². The number of unbranched alkanes of at least 4 members (excludes halogenated alkanes) is 1. The van der Waals surface area contributed by atoms with E-state index in [0.29, 0.717) is 85.7 Å². The molecule has 2 fully saturated rings. The summed E-state index contributed by atoms with van der Waals surface area (Å²) in [5.74, 6) is 3.47. The number of allylic oxidation sites excluding steroid dienone is 5. The van der Waals surface area contributed by atoms with Gasteiger partial charge in [0, 0.05) is 56.2 Å². The number of hydrogen-bond donors (Lipinski definition) is 13. The van der Waals surface area contributed by atoms with Gasteiger partial charge in [-0.15, -0.1) is 0 Å². The van der Waals surface area contributed by atoms with Crippen molar-refractivity contribution in [2.75, 3.05) is 39.5 Å². The van der Waals surface area contributed by atoms with Gasteiger partial charge in [0.2, 0.25) is 5.91 Å². The highest BCUT2D eigenvalue weighted by Crippen LogP contribution is 2.63. The number of nitrogens with zero attached hydrogens (tertiary/aromatic N) is 1. The molecule has 3 heterocycles. The maximum Gasteiger partial charge on any atom is 0.243 e. The van der Waals surface area contributed by atoms with Crippen LogP contribution in [-0.2, 0) is 33.6 Å².